The van der Waals surface area contributed by atoms with E-state index in [0.717, 1.165) is 11.3 Å². The van der Waals surface area contributed by atoms with Crippen molar-refractivity contribution in [2.75, 3.05) is 28.4 Å². The van der Waals surface area contributed by atoms with E-state index in [0.29, 0.717) is 22.8 Å². The van der Waals surface area contributed by atoms with Crippen molar-refractivity contribution in [3.63, 3.8) is 0 Å². The molecular formula is C19H20O6. The average molecular weight is 344 g/mol. The molecule has 3 rings (SSSR count). The molecular weight excluding hydrogens is 324 g/mol. The summed E-state index contributed by atoms with van der Waals surface area (Å²) >= 11 is 0. The van der Waals surface area contributed by atoms with E-state index in [1.54, 1.807) is 33.5 Å². The van der Waals surface area contributed by atoms with Crippen molar-refractivity contribution < 1.29 is 28.5 Å². The Balaban J connectivity index is 1.95. The second kappa shape index (κ2) is 7.03. The molecule has 0 saturated carbocycles. The van der Waals surface area contributed by atoms with Gasteiger partial charge in [-0.25, -0.2) is 0 Å². The van der Waals surface area contributed by atoms with Crippen molar-refractivity contribution in [1.82, 2.24) is 0 Å². The highest BCUT2D eigenvalue weighted by Gasteiger charge is 2.42. The number of carbonyl (C=O) groups is 1. The summed E-state index contributed by atoms with van der Waals surface area (Å²) in [7, 11) is 6.20. The standard InChI is InChI=1S/C19H20O6/c1-21-12-7-5-11(6-8-12)18(24-4)19-17(20)16-14(23-3)9-13(22-2)10-15(16)25-19/h5-10,18-19H,1-4H3. The molecule has 0 saturated heterocycles. The molecule has 25 heavy (non-hydrogen) atoms. The van der Waals surface area contributed by atoms with Gasteiger partial charge in [-0.15, -0.1) is 0 Å². The Kier molecular flexibility index (Phi) is 4.81. The van der Waals surface area contributed by atoms with Crippen LogP contribution in [0, 0.1) is 0 Å². The highest BCUT2D eigenvalue weighted by atomic mass is 16.5. The number of fused-ring (bicyclic) bond motifs is 1. The fourth-order valence-corrected chi connectivity index (χ4v) is 2.94. The lowest BCUT2D eigenvalue weighted by Gasteiger charge is -2.21. The van der Waals surface area contributed by atoms with E-state index >= 15 is 0 Å². The second-order valence-electron chi connectivity index (χ2n) is 5.53. The molecule has 1 aliphatic heterocycles. The average Bonchev–Trinajstić information content (AvgIpc) is 2.98. The number of ketones is 1. The van der Waals surface area contributed by atoms with Crippen LogP contribution in [0.1, 0.15) is 22.0 Å². The molecule has 0 bridgehead atoms. The molecule has 6 nitrogen and oxygen atoms in total. The second-order valence-corrected chi connectivity index (χ2v) is 5.53. The van der Waals surface area contributed by atoms with Gasteiger partial charge >= 0.3 is 0 Å². The molecule has 0 aromatic heterocycles. The monoisotopic (exact) mass is 344 g/mol. The normalized spacial score (nSPS) is 16.8. The predicted octanol–water partition coefficient (Wildman–Crippen LogP) is 3.04. The maximum absolute atomic E-state index is 12.9. The molecule has 1 heterocycles. The Hall–Kier alpha value is -2.73. The van der Waals surface area contributed by atoms with Gasteiger partial charge in [0.15, 0.2) is 6.10 Å². The third kappa shape index (κ3) is 3.00. The number of hydrogen-bond donors (Lipinski definition) is 0. The van der Waals surface area contributed by atoms with Crippen LogP contribution < -0.4 is 18.9 Å². The fourth-order valence-electron chi connectivity index (χ4n) is 2.94. The molecule has 1 aliphatic rings. The summed E-state index contributed by atoms with van der Waals surface area (Å²) in [6.45, 7) is 0. The van der Waals surface area contributed by atoms with Crippen LogP contribution in [0.25, 0.3) is 0 Å². The number of hydrogen-bond acceptors (Lipinski definition) is 6. The van der Waals surface area contributed by atoms with Crippen molar-refractivity contribution in [3.8, 4) is 23.0 Å². The van der Waals surface area contributed by atoms with Gasteiger partial charge in [0.1, 0.15) is 34.7 Å². The minimum atomic E-state index is -0.797. The van der Waals surface area contributed by atoms with Crippen LogP contribution in [-0.4, -0.2) is 40.3 Å². The summed E-state index contributed by atoms with van der Waals surface area (Å²) in [5.41, 5.74) is 1.23. The zero-order valence-corrected chi connectivity index (χ0v) is 14.6. The van der Waals surface area contributed by atoms with Crippen molar-refractivity contribution in [2.45, 2.75) is 12.2 Å². The minimum absolute atomic E-state index is 0.183. The Labute approximate surface area is 146 Å². The Bertz CT molecular complexity index is 768. The molecule has 132 valence electrons. The van der Waals surface area contributed by atoms with Crippen molar-refractivity contribution in [2.24, 2.45) is 0 Å². The molecule has 2 unspecified atom stereocenters. The number of rotatable bonds is 6. The van der Waals surface area contributed by atoms with Crippen LogP contribution in [0.4, 0.5) is 0 Å². The molecule has 0 spiro atoms. The summed E-state index contributed by atoms with van der Waals surface area (Å²) in [5, 5.41) is 0. The van der Waals surface area contributed by atoms with E-state index < -0.39 is 12.2 Å². The number of carbonyl (C=O) groups excluding carboxylic acids is 1. The van der Waals surface area contributed by atoms with Crippen LogP contribution in [0.5, 0.6) is 23.0 Å². The smallest absolute Gasteiger partial charge is 0.213 e. The van der Waals surface area contributed by atoms with Gasteiger partial charge in [0.25, 0.3) is 0 Å². The van der Waals surface area contributed by atoms with Gasteiger partial charge in [0.2, 0.25) is 5.78 Å². The largest absolute Gasteiger partial charge is 0.497 e. The van der Waals surface area contributed by atoms with E-state index in [1.165, 1.54) is 7.11 Å². The maximum Gasteiger partial charge on any atom is 0.213 e. The van der Waals surface area contributed by atoms with Gasteiger partial charge in [-0.05, 0) is 17.7 Å². The third-order valence-corrected chi connectivity index (χ3v) is 4.23. The quantitative estimate of drug-likeness (QED) is 0.803. The molecule has 0 amide bonds. The first kappa shape index (κ1) is 17.1. The van der Waals surface area contributed by atoms with Crippen molar-refractivity contribution in [1.29, 1.82) is 0 Å². The Morgan fingerprint density at radius 3 is 2.16 bits per heavy atom. The summed E-state index contributed by atoms with van der Waals surface area (Å²) in [4.78, 5) is 12.9. The lowest BCUT2D eigenvalue weighted by atomic mass is 9.98. The highest BCUT2D eigenvalue weighted by molar-refractivity contribution is 6.07. The zero-order chi connectivity index (χ0) is 18.0. The topological polar surface area (TPSA) is 63.2 Å². The summed E-state index contributed by atoms with van der Waals surface area (Å²) in [5.74, 6) is 1.96. The van der Waals surface area contributed by atoms with Crippen LogP contribution in [0.15, 0.2) is 36.4 Å². The van der Waals surface area contributed by atoms with Gasteiger partial charge in [0, 0.05) is 19.2 Å². The first-order valence-corrected chi connectivity index (χ1v) is 7.76. The number of methoxy groups -OCH3 is 4. The van der Waals surface area contributed by atoms with Gasteiger partial charge in [-0.2, -0.15) is 0 Å². The van der Waals surface area contributed by atoms with E-state index in [4.69, 9.17) is 23.7 Å². The van der Waals surface area contributed by atoms with Gasteiger partial charge < -0.3 is 23.7 Å². The Morgan fingerprint density at radius 2 is 1.60 bits per heavy atom. The number of benzene rings is 2. The van der Waals surface area contributed by atoms with E-state index in [1.807, 2.05) is 24.3 Å². The first-order chi connectivity index (χ1) is 12.1. The zero-order valence-electron chi connectivity index (χ0n) is 14.6. The summed E-state index contributed by atoms with van der Waals surface area (Å²) in [6.07, 6.45) is -1.35. The highest BCUT2D eigenvalue weighted by Crippen LogP contribution is 2.43. The minimum Gasteiger partial charge on any atom is -0.497 e. The molecule has 2 atom stereocenters. The van der Waals surface area contributed by atoms with E-state index in [9.17, 15) is 4.79 Å². The summed E-state index contributed by atoms with van der Waals surface area (Å²) < 4.78 is 27.2. The molecule has 2 aromatic rings. The fraction of sp³-hybridized carbons (Fsp3) is 0.316. The molecule has 2 aromatic carbocycles. The van der Waals surface area contributed by atoms with Crippen molar-refractivity contribution in [3.05, 3.63) is 47.5 Å². The number of ether oxygens (including phenoxy) is 5. The SMILES string of the molecule is COc1ccc(C(OC)C2Oc3cc(OC)cc(OC)c3C2=O)cc1. The van der Waals surface area contributed by atoms with Crippen LogP contribution in [-0.2, 0) is 4.74 Å². The molecule has 0 fully saturated rings. The lowest BCUT2D eigenvalue weighted by Crippen LogP contribution is -2.30. The maximum atomic E-state index is 12.9. The summed E-state index contributed by atoms with van der Waals surface area (Å²) in [6, 6.07) is 10.7. The number of Topliss-reactive ketones (excluding diaryl/α,β-unsaturated/α-hetero) is 1. The first-order valence-electron chi connectivity index (χ1n) is 7.76. The third-order valence-electron chi connectivity index (χ3n) is 4.23. The van der Waals surface area contributed by atoms with Crippen LogP contribution in [0.3, 0.4) is 0 Å². The molecule has 6 heteroatoms. The predicted molar refractivity (Wildman–Crippen MR) is 91.0 cm³/mol. The Morgan fingerprint density at radius 1 is 0.920 bits per heavy atom. The van der Waals surface area contributed by atoms with E-state index in [-0.39, 0.29) is 5.78 Å². The van der Waals surface area contributed by atoms with Crippen LogP contribution in [0.2, 0.25) is 0 Å². The van der Waals surface area contributed by atoms with Crippen LogP contribution >= 0.6 is 0 Å². The molecule has 0 aliphatic carbocycles. The molecule has 0 radical (unpaired) electrons. The lowest BCUT2D eigenvalue weighted by molar-refractivity contribution is 0.0137. The van der Waals surface area contributed by atoms with Crippen molar-refractivity contribution >= 4 is 5.78 Å². The van der Waals surface area contributed by atoms with Gasteiger partial charge in [-0.3, -0.25) is 4.79 Å². The van der Waals surface area contributed by atoms with Gasteiger partial charge in [0.05, 0.1) is 21.3 Å². The van der Waals surface area contributed by atoms with Gasteiger partial charge in [-0.1, -0.05) is 12.1 Å². The molecule has 0 N–H and O–H groups in total. The van der Waals surface area contributed by atoms with E-state index in [2.05, 4.69) is 0 Å².